The monoisotopic (exact) mass is 313 g/mol. The summed E-state index contributed by atoms with van der Waals surface area (Å²) in [5, 5.41) is 2.90. The van der Waals surface area contributed by atoms with Crippen LogP contribution in [0, 0.1) is 5.92 Å². The fraction of sp³-hybridized carbons (Fsp3) is 0.533. The third-order valence-corrected chi connectivity index (χ3v) is 3.80. The number of benzene rings is 1. The number of amides is 1. The standard InChI is InChI=1S/C15H23N3O2.ClH/c1-11-9-18(8-7-12(11)16)10-15(19)17-13-5-3-4-6-14(13)20-2;/h3-6,11-12H,7-10,16H2,1-2H3,(H,17,19);1H. The average molecular weight is 314 g/mol. The average Bonchev–Trinajstić information content (AvgIpc) is 2.43. The molecule has 0 radical (unpaired) electrons. The van der Waals surface area contributed by atoms with Crippen LogP contribution in [0.2, 0.25) is 0 Å². The highest BCUT2D eigenvalue weighted by atomic mass is 35.5. The minimum absolute atomic E-state index is 0. The Balaban J connectivity index is 0.00000220. The van der Waals surface area contributed by atoms with Gasteiger partial charge in [0.05, 0.1) is 19.3 Å². The number of halogens is 1. The van der Waals surface area contributed by atoms with Crippen molar-refractivity contribution in [3.8, 4) is 5.75 Å². The van der Waals surface area contributed by atoms with Crippen molar-refractivity contribution in [1.82, 2.24) is 4.90 Å². The second kappa shape index (κ2) is 8.22. The summed E-state index contributed by atoms with van der Waals surface area (Å²) in [6.07, 6.45) is 0.948. The first kappa shape index (κ1) is 17.8. The first-order chi connectivity index (χ1) is 9.60. The molecule has 2 rings (SSSR count). The number of methoxy groups -OCH3 is 1. The highest BCUT2D eigenvalue weighted by Gasteiger charge is 2.24. The van der Waals surface area contributed by atoms with Crippen LogP contribution in [0.5, 0.6) is 5.75 Å². The molecule has 0 aliphatic carbocycles. The third kappa shape index (κ3) is 4.88. The van der Waals surface area contributed by atoms with Crippen molar-refractivity contribution in [1.29, 1.82) is 0 Å². The Morgan fingerprint density at radius 2 is 2.19 bits per heavy atom. The van der Waals surface area contributed by atoms with Crippen molar-refractivity contribution in [2.45, 2.75) is 19.4 Å². The van der Waals surface area contributed by atoms with Crippen molar-refractivity contribution in [2.75, 3.05) is 32.1 Å². The lowest BCUT2D eigenvalue weighted by Crippen LogP contribution is -2.48. The van der Waals surface area contributed by atoms with Gasteiger partial charge in [-0.1, -0.05) is 19.1 Å². The number of anilines is 1. The Kier molecular flexibility index (Phi) is 6.95. The number of nitrogens with two attached hydrogens (primary N) is 1. The normalized spacial score (nSPS) is 22.2. The van der Waals surface area contributed by atoms with Crippen LogP contribution in [0.4, 0.5) is 5.69 Å². The fourth-order valence-corrected chi connectivity index (χ4v) is 2.53. The Bertz CT molecular complexity index is 470. The van der Waals surface area contributed by atoms with E-state index in [0.29, 0.717) is 23.9 Å². The number of piperidine rings is 1. The zero-order chi connectivity index (χ0) is 14.5. The van der Waals surface area contributed by atoms with Gasteiger partial charge in [-0.15, -0.1) is 12.4 Å². The largest absolute Gasteiger partial charge is 0.495 e. The summed E-state index contributed by atoms with van der Waals surface area (Å²) in [4.78, 5) is 14.2. The van der Waals surface area contributed by atoms with E-state index in [4.69, 9.17) is 10.5 Å². The molecule has 2 atom stereocenters. The van der Waals surface area contributed by atoms with Gasteiger partial charge in [-0.05, 0) is 24.5 Å². The Morgan fingerprint density at radius 1 is 1.48 bits per heavy atom. The molecule has 1 amide bonds. The molecule has 0 aromatic heterocycles. The number of carbonyl (C=O) groups excluding carboxylic acids is 1. The summed E-state index contributed by atoms with van der Waals surface area (Å²) < 4.78 is 5.22. The molecule has 2 unspecified atom stereocenters. The van der Waals surface area contributed by atoms with E-state index in [1.807, 2.05) is 24.3 Å². The summed E-state index contributed by atoms with van der Waals surface area (Å²) in [7, 11) is 1.60. The van der Waals surface area contributed by atoms with Gasteiger partial charge in [0, 0.05) is 19.1 Å². The molecule has 1 aromatic carbocycles. The zero-order valence-corrected chi connectivity index (χ0v) is 13.4. The smallest absolute Gasteiger partial charge is 0.238 e. The van der Waals surface area contributed by atoms with E-state index in [1.54, 1.807) is 7.11 Å². The molecule has 0 spiro atoms. The van der Waals surface area contributed by atoms with Gasteiger partial charge in [0.2, 0.25) is 5.91 Å². The van der Waals surface area contributed by atoms with Gasteiger partial charge in [0.15, 0.2) is 0 Å². The number of carbonyl (C=O) groups is 1. The number of nitrogens with zero attached hydrogens (tertiary/aromatic N) is 1. The summed E-state index contributed by atoms with van der Waals surface area (Å²) in [5.74, 6) is 1.09. The molecule has 5 nitrogen and oxygen atoms in total. The minimum atomic E-state index is -0.0165. The van der Waals surface area contributed by atoms with Crippen molar-refractivity contribution in [2.24, 2.45) is 11.7 Å². The Labute approximate surface area is 132 Å². The summed E-state index contributed by atoms with van der Waals surface area (Å²) in [6.45, 7) is 4.29. The first-order valence-electron chi connectivity index (χ1n) is 7.01. The molecule has 21 heavy (non-hydrogen) atoms. The van der Waals surface area contributed by atoms with Crippen LogP contribution in [0.25, 0.3) is 0 Å². The van der Waals surface area contributed by atoms with Crippen LogP contribution < -0.4 is 15.8 Å². The van der Waals surface area contributed by atoms with Crippen molar-refractivity contribution < 1.29 is 9.53 Å². The molecular formula is C15H24ClN3O2. The van der Waals surface area contributed by atoms with Gasteiger partial charge in [0.1, 0.15) is 5.75 Å². The molecule has 1 heterocycles. The second-order valence-corrected chi connectivity index (χ2v) is 5.41. The van der Waals surface area contributed by atoms with E-state index >= 15 is 0 Å². The lowest BCUT2D eigenvalue weighted by atomic mass is 9.95. The van der Waals surface area contributed by atoms with Gasteiger partial charge < -0.3 is 15.8 Å². The van der Waals surface area contributed by atoms with Crippen LogP contribution in [0.15, 0.2) is 24.3 Å². The van der Waals surface area contributed by atoms with E-state index in [0.717, 1.165) is 19.5 Å². The molecule has 3 N–H and O–H groups in total. The maximum Gasteiger partial charge on any atom is 0.238 e. The third-order valence-electron chi connectivity index (χ3n) is 3.80. The predicted molar refractivity (Wildman–Crippen MR) is 87.1 cm³/mol. The van der Waals surface area contributed by atoms with Gasteiger partial charge in [0.25, 0.3) is 0 Å². The lowest BCUT2D eigenvalue weighted by Gasteiger charge is -2.34. The van der Waals surface area contributed by atoms with Crippen LogP contribution >= 0.6 is 12.4 Å². The number of likely N-dealkylation sites (tertiary alicyclic amines) is 1. The Hall–Kier alpha value is -1.30. The zero-order valence-electron chi connectivity index (χ0n) is 12.5. The van der Waals surface area contributed by atoms with Gasteiger partial charge in [-0.25, -0.2) is 0 Å². The second-order valence-electron chi connectivity index (χ2n) is 5.41. The molecule has 0 bridgehead atoms. The quantitative estimate of drug-likeness (QED) is 0.888. The number of para-hydroxylation sites is 2. The van der Waals surface area contributed by atoms with Gasteiger partial charge >= 0.3 is 0 Å². The van der Waals surface area contributed by atoms with Crippen molar-refractivity contribution in [3.63, 3.8) is 0 Å². The van der Waals surface area contributed by atoms with Gasteiger partial charge in [-0.2, -0.15) is 0 Å². The highest BCUT2D eigenvalue weighted by Crippen LogP contribution is 2.23. The maximum absolute atomic E-state index is 12.1. The lowest BCUT2D eigenvalue weighted by molar-refractivity contribution is -0.117. The molecule has 1 saturated heterocycles. The molecule has 1 aliphatic heterocycles. The molecule has 1 fully saturated rings. The Morgan fingerprint density at radius 3 is 2.86 bits per heavy atom. The fourth-order valence-electron chi connectivity index (χ4n) is 2.53. The van der Waals surface area contributed by atoms with E-state index in [2.05, 4.69) is 17.1 Å². The van der Waals surface area contributed by atoms with Crippen molar-refractivity contribution >= 4 is 24.0 Å². The molecule has 0 saturated carbocycles. The SMILES string of the molecule is COc1ccccc1NC(=O)CN1CCC(N)C(C)C1.Cl. The predicted octanol–water partition coefficient (Wildman–Crippen LogP) is 1.72. The number of rotatable bonds is 4. The summed E-state index contributed by atoms with van der Waals surface area (Å²) >= 11 is 0. The summed E-state index contributed by atoms with van der Waals surface area (Å²) in [6, 6.07) is 7.68. The number of nitrogens with one attached hydrogen (secondary N) is 1. The number of hydrogen-bond donors (Lipinski definition) is 2. The summed E-state index contributed by atoms with van der Waals surface area (Å²) in [5.41, 5.74) is 6.70. The van der Waals surface area contributed by atoms with E-state index in [-0.39, 0.29) is 24.4 Å². The molecule has 6 heteroatoms. The van der Waals surface area contributed by atoms with Crippen LogP contribution in [0.3, 0.4) is 0 Å². The number of ether oxygens (including phenoxy) is 1. The van der Waals surface area contributed by atoms with Crippen LogP contribution in [0.1, 0.15) is 13.3 Å². The number of hydrogen-bond acceptors (Lipinski definition) is 4. The topological polar surface area (TPSA) is 67.6 Å². The van der Waals surface area contributed by atoms with Crippen LogP contribution in [-0.4, -0.2) is 43.6 Å². The van der Waals surface area contributed by atoms with Crippen LogP contribution in [-0.2, 0) is 4.79 Å². The molecule has 1 aromatic rings. The van der Waals surface area contributed by atoms with E-state index in [1.165, 1.54) is 0 Å². The highest BCUT2D eigenvalue weighted by molar-refractivity contribution is 5.93. The maximum atomic E-state index is 12.1. The minimum Gasteiger partial charge on any atom is -0.495 e. The van der Waals surface area contributed by atoms with E-state index in [9.17, 15) is 4.79 Å². The van der Waals surface area contributed by atoms with Crippen molar-refractivity contribution in [3.05, 3.63) is 24.3 Å². The van der Waals surface area contributed by atoms with E-state index < -0.39 is 0 Å². The molecule has 1 aliphatic rings. The van der Waals surface area contributed by atoms with Gasteiger partial charge in [-0.3, -0.25) is 9.69 Å². The molecule has 118 valence electrons. The molecular weight excluding hydrogens is 290 g/mol. The first-order valence-corrected chi connectivity index (χ1v) is 7.01.